The molecule has 0 amide bonds. The van der Waals surface area contributed by atoms with Gasteiger partial charge in [-0.3, -0.25) is 0 Å². The molecule has 1 spiro atoms. The van der Waals surface area contributed by atoms with Gasteiger partial charge in [0, 0.05) is 33.2 Å². The average molecular weight is 682 g/mol. The fraction of sp³-hybridized carbons (Fsp3) is 0.0816. The Bertz CT molecular complexity index is 2620. The van der Waals surface area contributed by atoms with Crippen LogP contribution < -0.4 is 4.74 Å². The van der Waals surface area contributed by atoms with Crippen molar-refractivity contribution in [2.24, 2.45) is 0 Å². The zero-order chi connectivity index (χ0) is 35.6. The van der Waals surface area contributed by atoms with Gasteiger partial charge >= 0.3 is 0 Å². The van der Waals surface area contributed by atoms with E-state index in [-0.39, 0.29) is 5.41 Å². The van der Waals surface area contributed by atoms with E-state index in [1.54, 1.807) is 0 Å². The van der Waals surface area contributed by atoms with Crippen molar-refractivity contribution in [1.82, 2.24) is 15.0 Å². The average Bonchev–Trinajstić information content (AvgIpc) is 3.23. The van der Waals surface area contributed by atoms with Crippen molar-refractivity contribution >= 4 is 0 Å². The highest BCUT2D eigenvalue weighted by Gasteiger charge is 2.52. The molecule has 53 heavy (non-hydrogen) atoms. The zero-order valence-corrected chi connectivity index (χ0v) is 29.5. The van der Waals surface area contributed by atoms with Crippen molar-refractivity contribution in [3.8, 4) is 56.8 Å². The minimum atomic E-state index is -0.631. The van der Waals surface area contributed by atoms with Gasteiger partial charge in [-0.15, -0.1) is 0 Å². The number of hydrogen-bond donors (Lipinski definition) is 0. The van der Waals surface area contributed by atoms with Crippen LogP contribution in [0.25, 0.3) is 45.3 Å². The number of nitrogens with zero attached hydrogens (tertiary/aromatic N) is 3. The molecule has 7 aromatic carbocycles. The fourth-order valence-electron chi connectivity index (χ4n) is 8.55. The second kappa shape index (κ2) is 12.0. The largest absolute Gasteiger partial charge is 0.457 e. The number of benzene rings is 7. The highest BCUT2D eigenvalue weighted by atomic mass is 16.5. The molecule has 1 aliphatic carbocycles. The first-order valence-electron chi connectivity index (χ1n) is 18.1. The fourth-order valence-corrected chi connectivity index (χ4v) is 8.55. The molecule has 0 radical (unpaired) electrons. The first-order chi connectivity index (χ1) is 26.0. The summed E-state index contributed by atoms with van der Waals surface area (Å²) in [5.41, 5.74) is 11.6. The van der Waals surface area contributed by atoms with E-state index in [1.807, 2.05) is 36.4 Å². The molecule has 0 atom stereocenters. The van der Waals surface area contributed by atoms with Crippen LogP contribution >= 0.6 is 0 Å². The lowest BCUT2D eigenvalue weighted by Crippen LogP contribution is -2.43. The van der Waals surface area contributed by atoms with E-state index in [4.69, 9.17) is 19.7 Å². The minimum Gasteiger partial charge on any atom is -0.457 e. The summed E-state index contributed by atoms with van der Waals surface area (Å²) in [7, 11) is 0. The lowest BCUT2D eigenvalue weighted by atomic mass is 9.53. The van der Waals surface area contributed by atoms with Crippen molar-refractivity contribution in [3.63, 3.8) is 0 Å². The molecule has 252 valence electrons. The van der Waals surface area contributed by atoms with Crippen LogP contribution in [0.15, 0.2) is 176 Å². The van der Waals surface area contributed by atoms with Gasteiger partial charge in [0.05, 0.1) is 5.41 Å². The monoisotopic (exact) mass is 681 g/mol. The van der Waals surface area contributed by atoms with Crippen LogP contribution in [0.1, 0.15) is 47.2 Å². The van der Waals surface area contributed by atoms with Gasteiger partial charge in [-0.2, -0.15) is 0 Å². The molecule has 8 aromatic rings. The third kappa shape index (κ3) is 4.79. The smallest absolute Gasteiger partial charge is 0.164 e. The zero-order valence-electron chi connectivity index (χ0n) is 29.5. The Morgan fingerprint density at radius 1 is 0.340 bits per heavy atom. The molecule has 0 N–H and O–H groups in total. The van der Waals surface area contributed by atoms with Crippen LogP contribution in [0.4, 0.5) is 0 Å². The molecular weight excluding hydrogens is 647 g/mol. The van der Waals surface area contributed by atoms with Crippen LogP contribution in [0.3, 0.4) is 0 Å². The molecule has 0 saturated carbocycles. The Balaban J connectivity index is 1.21. The third-order valence-corrected chi connectivity index (χ3v) is 11.1. The molecule has 2 aliphatic rings. The highest BCUT2D eigenvalue weighted by molar-refractivity contribution is 5.78. The predicted octanol–water partition coefficient (Wildman–Crippen LogP) is 11.7. The van der Waals surface area contributed by atoms with Gasteiger partial charge in [0.2, 0.25) is 0 Å². The van der Waals surface area contributed by atoms with E-state index in [0.29, 0.717) is 17.5 Å². The molecule has 4 heteroatoms. The molecule has 1 aliphatic heterocycles. The lowest BCUT2D eigenvalue weighted by molar-refractivity contribution is 0.425. The van der Waals surface area contributed by atoms with E-state index in [1.165, 1.54) is 27.8 Å². The quantitative estimate of drug-likeness (QED) is 0.185. The van der Waals surface area contributed by atoms with Crippen molar-refractivity contribution in [2.75, 3.05) is 0 Å². The topological polar surface area (TPSA) is 47.9 Å². The van der Waals surface area contributed by atoms with Crippen LogP contribution in [0.2, 0.25) is 0 Å². The molecule has 0 saturated heterocycles. The number of ether oxygens (including phenoxy) is 1. The number of aromatic nitrogens is 3. The standard InChI is InChI=1S/C49H35N3O/c1-48(2)37-19-9-11-21-39(37)49(40-22-12-10-20-38(40)48)41-23-13-14-24-43(41)53-44-30-29-36(31-42(44)49)47-51-45(34-17-7-4-8-18-34)50-46(52-47)35-27-25-33(26-28-35)32-15-5-3-6-16-32/h3-31H,1-2H3. The maximum Gasteiger partial charge on any atom is 0.164 e. The van der Waals surface area contributed by atoms with Gasteiger partial charge in [0.15, 0.2) is 17.5 Å². The maximum absolute atomic E-state index is 6.76. The van der Waals surface area contributed by atoms with Gasteiger partial charge in [-0.05, 0) is 57.6 Å². The van der Waals surface area contributed by atoms with Crippen molar-refractivity contribution in [1.29, 1.82) is 0 Å². The van der Waals surface area contributed by atoms with E-state index < -0.39 is 5.41 Å². The van der Waals surface area contributed by atoms with Gasteiger partial charge in [0.1, 0.15) is 11.5 Å². The minimum absolute atomic E-state index is 0.201. The summed E-state index contributed by atoms with van der Waals surface area (Å²) < 4.78 is 6.76. The molecule has 2 heterocycles. The molecule has 10 rings (SSSR count). The number of hydrogen-bond acceptors (Lipinski definition) is 4. The summed E-state index contributed by atoms with van der Waals surface area (Å²) in [6.07, 6.45) is 0. The summed E-state index contributed by atoms with van der Waals surface area (Å²) in [4.78, 5) is 15.3. The summed E-state index contributed by atoms with van der Waals surface area (Å²) in [6, 6.07) is 61.8. The summed E-state index contributed by atoms with van der Waals surface area (Å²) in [6.45, 7) is 4.67. The number of para-hydroxylation sites is 1. The Labute approximate surface area is 309 Å². The van der Waals surface area contributed by atoms with Gasteiger partial charge in [-0.1, -0.05) is 166 Å². The van der Waals surface area contributed by atoms with E-state index >= 15 is 0 Å². The van der Waals surface area contributed by atoms with Crippen molar-refractivity contribution in [3.05, 3.63) is 209 Å². The maximum atomic E-state index is 6.76. The lowest BCUT2D eigenvalue weighted by Gasteiger charge is -2.50. The van der Waals surface area contributed by atoms with Crippen molar-refractivity contribution in [2.45, 2.75) is 24.7 Å². The third-order valence-electron chi connectivity index (χ3n) is 11.1. The Morgan fingerprint density at radius 2 is 0.736 bits per heavy atom. The Hall–Kier alpha value is -6.65. The summed E-state index contributed by atoms with van der Waals surface area (Å²) >= 11 is 0. The van der Waals surface area contributed by atoms with E-state index in [9.17, 15) is 0 Å². The SMILES string of the molecule is CC1(C)c2ccccc2C2(c3ccccc3Oc3ccc(-c4nc(-c5ccccc5)nc(-c5ccc(-c6ccccc6)cc5)n4)cc32)c2ccccc21. The van der Waals surface area contributed by atoms with Gasteiger partial charge in [-0.25, -0.2) is 15.0 Å². The normalized spacial score (nSPS) is 14.3. The van der Waals surface area contributed by atoms with Crippen LogP contribution in [-0.2, 0) is 10.8 Å². The molecule has 0 bridgehead atoms. The highest BCUT2D eigenvalue weighted by Crippen LogP contribution is 2.61. The second-order valence-corrected chi connectivity index (χ2v) is 14.4. The van der Waals surface area contributed by atoms with Crippen LogP contribution in [-0.4, -0.2) is 15.0 Å². The molecular formula is C49H35N3O. The Kier molecular flexibility index (Phi) is 7.02. The van der Waals surface area contributed by atoms with E-state index in [2.05, 4.69) is 153 Å². The van der Waals surface area contributed by atoms with Crippen molar-refractivity contribution < 1.29 is 4.74 Å². The van der Waals surface area contributed by atoms with Crippen LogP contribution in [0, 0.1) is 0 Å². The van der Waals surface area contributed by atoms with Gasteiger partial charge in [0.25, 0.3) is 0 Å². The predicted molar refractivity (Wildman–Crippen MR) is 212 cm³/mol. The molecule has 0 fully saturated rings. The first kappa shape index (κ1) is 31.1. The summed E-state index contributed by atoms with van der Waals surface area (Å²) in [5, 5.41) is 0. The molecule has 1 aromatic heterocycles. The van der Waals surface area contributed by atoms with Crippen LogP contribution in [0.5, 0.6) is 11.5 Å². The van der Waals surface area contributed by atoms with E-state index in [0.717, 1.165) is 44.9 Å². The number of fused-ring (bicyclic) bond motifs is 8. The Morgan fingerprint density at radius 3 is 1.34 bits per heavy atom. The molecule has 0 unspecified atom stereocenters. The second-order valence-electron chi connectivity index (χ2n) is 14.4. The molecule has 4 nitrogen and oxygen atoms in total. The number of rotatable bonds is 4. The summed E-state index contributed by atoms with van der Waals surface area (Å²) in [5.74, 6) is 3.55. The first-order valence-corrected chi connectivity index (χ1v) is 18.1. The van der Waals surface area contributed by atoms with Gasteiger partial charge < -0.3 is 4.74 Å².